The van der Waals surface area contributed by atoms with E-state index in [9.17, 15) is 0 Å². The number of nitrogens with zero attached hydrogens (tertiary/aromatic N) is 1. The summed E-state index contributed by atoms with van der Waals surface area (Å²) in [6.07, 6.45) is 1.36. The summed E-state index contributed by atoms with van der Waals surface area (Å²) in [6, 6.07) is 0.789. The molecule has 0 bridgehead atoms. The van der Waals surface area contributed by atoms with Gasteiger partial charge in [-0.15, -0.1) is 0 Å². The average Bonchev–Trinajstić information content (AvgIpc) is 2.32. The van der Waals surface area contributed by atoms with Crippen LogP contribution >= 0.6 is 0 Å². The molecule has 0 spiro atoms. The summed E-state index contributed by atoms with van der Waals surface area (Å²) in [4.78, 5) is 2.51. The Labute approximate surface area is 76.3 Å². The van der Waals surface area contributed by atoms with Gasteiger partial charge in [0, 0.05) is 6.04 Å². The summed E-state index contributed by atoms with van der Waals surface area (Å²) in [7, 11) is 4.30. The second kappa shape index (κ2) is 4.24. The molecule has 72 valence electrons. The predicted molar refractivity (Wildman–Crippen MR) is 53.3 cm³/mol. The summed E-state index contributed by atoms with van der Waals surface area (Å²) >= 11 is 0. The second-order valence-corrected chi connectivity index (χ2v) is 4.32. The zero-order valence-electron chi connectivity index (χ0n) is 8.80. The number of hydrogen-bond donors (Lipinski definition) is 1. The molecule has 0 radical (unpaired) electrons. The molecular weight excluding hydrogens is 148 g/mol. The standard InChI is InChI=1S/C10H22N2/c1-8(2)10-9(7-11-3)5-6-12(10)4/h8-11H,5-7H2,1-4H3. The van der Waals surface area contributed by atoms with Crippen LogP contribution in [0, 0.1) is 11.8 Å². The Morgan fingerprint density at radius 2 is 2.17 bits per heavy atom. The van der Waals surface area contributed by atoms with Crippen LogP contribution < -0.4 is 5.32 Å². The molecule has 0 saturated carbocycles. The van der Waals surface area contributed by atoms with Crippen molar-refractivity contribution in [3.63, 3.8) is 0 Å². The van der Waals surface area contributed by atoms with Crippen LogP contribution in [-0.2, 0) is 0 Å². The van der Waals surface area contributed by atoms with Crippen molar-refractivity contribution in [1.82, 2.24) is 10.2 Å². The molecule has 12 heavy (non-hydrogen) atoms. The van der Waals surface area contributed by atoms with Gasteiger partial charge in [-0.3, -0.25) is 0 Å². The topological polar surface area (TPSA) is 15.3 Å². The minimum Gasteiger partial charge on any atom is -0.319 e. The molecule has 0 amide bonds. The minimum atomic E-state index is 0.788. The first-order chi connectivity index (χ1) is 5.66. The molecular formula is C10H22N2. The van der Waals surface area contributed by atoms with Crippen LogP contribution in [0.15, 0.2) is 0 Å². The van der Waals surface area contributed by atoms with Crippen molar-refractivity contribution in [2.24, 2.45) is 11.8 Å². The Balaban J connectivity index is 2.51. The van der Waals surface area contributed by atoms with Crippen LogP contribution in [0.25, 0.3) is 0 Å². The number of nitrogens with one attached hydrogen (secondary N) is 1. The van der Waals surface area contributed by atoms with Gasteiger partial charge in [-0.2, -0.15) is 0 Å². The number of likely N-dealkylation sites (tertiary alicyclic amines) is 1. The van der Waals surface area contributed by atoms with Crippen molar-refractivity contribution in [2.75, 3.05) is 27.2 Å². The molecule has 0 aliphatic carbocycles. The molecule has 2 unspecified atom stereocenters. The van der Waals surface area contributed by atoms with Crippen molar-refractivity contribution >= 4 is 0 Å². The zero-order valence-corrected chi connectivity index (χ0v) is 8.80. The molecule has 2 nitrogen and oxygen atoms in total. The van der Waals surface area contributed by atoms with E-state index in [1.165, 1.54) is 19.5 Å². The monoisotopic (exact) mass is 170 g/mol. The van der Waals surface area contributed by atoms with E-state index in [1.54, 1.807) is 0 Å². The van der Waals surface area contributed by atoms with E-state index >= 15 is 0 Å². The SMILES string of the molecule is CNCC1CCN(C)C1C(C)C. The van der Waals surface area contributed by atoms with Gasteiger partial charge in [0.2, 0.25) is 0 Å². The molecule has 2 atom stereocenters. The highest BCUT2D eigenvalue weighted by Crippen LogP contribution is 2.27. The first kappa shape index (κ1) is 10.0. The van der Waals surface area contributed by atoms with Gasteiger partial charge in [-0.1, -0.05) is 13.8 Å². The lowest BCUT2D eigenvalue weighted by Crippen LogP contribution is -2.37. The smallest absolute Gasteiger partial charge is 0.0156 e. The highest BCUT2D eigenvalue weighted by molar-refractivity contribution is 4.87. The molecule has 1 saturated heterocycles. The minimum absolute atomic E-state index is 0.788. The van der Waals surface area contributed by atoms with Crippen molar-refractivity contribution in [1.29, 1.82) is 0 Å². The fourth-order valence-corrected chi connectivity index (χ4v) is 2.59. The maximum Gasteiger partial charge on any atom is 0.0156 e. The Morgan fingerprint density at radius 1 is 1.50 bits per heavy atom. The van der Waals surface area contributed by atoms with Crippen LogP contribution in [0.4, 0.5) is 0 Å². The van der Waals surface area contributed by atoms with Crippen molar-refractivity contribution in [2.45, 2.75) is 26.3 Å². The fraction of sp³-hybridized carbons (Fsp3) is 1.00. The summed E-state index contributed by atoms with van der Waals surface area (Å²) < 4.78 is 0. The largest absolute Gasteiger partial charge is 0.319 e. The molecule has 0 aromatic rings. The molecule has 1 aliphatic heterocycles. The second-order valence-electron chi connectivity index (χ2n) is 4.32. The van der Waals surface area contributed by atoms with Gasteiger partial charge in [0.15, 0.2) is 0 Å². The summed E-state index contributed by atoms with van der Waals surface area (Å²) in [6.45, 7) is 7.10. The van der Waals surface area contributed by atoms with E-state index in [1.807, 2.05) is 0 Å². The van der Waals surface area contributed by atoms with Gasteiger partial charge < -0.3 is 10.2 Å². The van der Waals surface area contributed by atoms with Gasteiger partial charge in [0.05, 0.1) is 0 Å². The van der Waals surface area contributed by atoms with Gasteiger partial charge in [0.25, 0.3) is 0 Å². The van der Waals surface area contributed by atoms with Gasteiger partial charge in [-0.05, 0) is 45.4 Å². The fourth-order valence-electron chi connectivity index (χ4n) is 2.59. The first-order valence-electron chi connectivity index (χ1n) is 5.01. The highest BCUT2D eigenvalue weighted by atomic mass is 15.2. The molecule has 0 aromatic carbocycles. The third-order valence-electron chi connectivity index (χ3n) is 2.99. The molecule has 1 fully saturated rings. The summed E-state index contributed by atoms with van der Waals surface area (Å²) in [5.41, 5.74) is 0. The highest BCUT2D eigenvalue weighted by Gasteiger charge is 2.32. The van der Waals surface area contributed by atoms with E-state index in [4.69, 9.17) is 0 Å². The molecule has 1 heterocycles. The third-order valence-corrected chi connectivity index (χ3v) is 2.99. The molecule has 1 rings (SSSR count). The lowest BCUT2D eigenvalue weighted by molar-refractivity contribution is 0.209. The Kier molecular flexibility index (Phi) is 3.53. The van der Waals surface area contributed by atoms with E-state index in [0.29, 0.717) is 0 Å². The van der Waals surface area contributed by atoms with Crippen LogP contribution in [0.1, 0.15) is 20.3 Å². The molecule has 1 aliphatic rings. The zero-order chi connectivity index (χ0) is 9.14. The maximum absolute atomic E-state index is 3.29. The first-order valence-corrected chi connectivity index (χ1v) is 5.01. The van der Waals surface area contributed by atoms with Crippen LogP contribution in [0.3, 0.4) is 0 Å². The van der Waals surface area contributed by atoms with E-state index in [0.717, 1.165) is 17.9 Å². The summed E-state index contributed by atoms with van der Waals surface area (Å²) in [5, 5.41) is 3.29. The van der Waals surface area contributed by atoms with E-state index < -0.39 is 0 Å². The Hall–Kier alpha value is -0.0800. The summed E-state index contributed by atoms with van der Waals surface area (Å²) in [5.74, 6) is 1.65. The van der Waals surface area contributed by atoms with Crippen LogP contribution in [-0.4, -0.2) is 38.1 Å². The van der Waals surface area contributed by atoms with Gasteiger partial charge in [-0.25, -0.2) is 0 Å². The normalized spacial score (nSPS) is 31.8. The van der Waals surface area contributed by atoms with Crippen LogP contribution in [0.2, 0.25) is 0 Å². The van der Waals surface area contributed by atoms with Crippen molar-refractivity contribution in [3.05, 3.63) is 0 Å². The Bertz CT molecular complexity index is 132. The maximum atomic E-state index is 3.29. The van der Waals surface area contributed by atoms with E-state index in [-0.39, 0.29) is 0 Å². The van der Waals surface area contributed by atoms with E-state index in [2.05, 4.69) is 38.2 Å². The van der Waals surface area contributed by atoms with Crippen LogP contribution in [0.5, 0.6) is 0 Å². The van der Waals surface area contributed by atoms with Gasteiger partial charge >= 0.3 is 0 Å². The lowest BCUT2D eigenvalue weighted by Gasteiger charge is -2.28. The average molecular weight is 170 g/mol. The molecule has 1 N–H and O–H groups in total. The quantitative estimate of drug-likeness (QED) is 0.684. The number of rotatable bonds is 3. The van der Waals surface area contributed by atoms with Crippen molar-refractivity contribution < 1.29 is 0 Å². The number of hydrogen-bond acceptors (Lipinski definition) is 2. The predicted octanol–water partition coefficient (Wildman–Crippen LogP) is 1.18. The third kappa shape index (κ3) is 1.99. The van der Waals surface area contributed by atoms with Crippen molar-refractivity contribution in [3.8, 4) is 0 Å². The molecule has 0 aromatic heterocycles. The molecule has 2 heteroatoms. The lowest BCUT2D eigenvalue weighted by atomic mass is 9.91. The van der Waals surface area contributed by atoms with Gasteiger partial charge in [0.1, 0.15) is 0 Å². The Morgan fingerprint density at radius 3 is 2.67 bits per heavy atom.